The molecule has 0 bridgehead atoms. The van der Waals surface area contributed by atoms with Gasteiger partial charge in [-0.3, -0.25) is 9.36 Å². The molecule has 130 valence electrons. The van der Waals surface area contributed by atoms with E-state index in [-0.39, 0.29) is 11.4 Å². The molecule has 0 spiro atoms. The molecule has 0 amide bonds. The Labute approximate surface area is 149 Å². The minimum Gasteiger partial charge on any atom is -0.268 e. The first-order valence-electron chi connectivity index (χ1n) is 8.41. The van der Waals surface area contributed by atoms with Crippen LogP contribution < -0.4 is 5.56 Å². The molecule has 0 fully saturated rings. The zero-order chi connectivity index (χ0) is 18.3. The summed E-state index contributed by atoms with van der Waals surface area (Å²) in [7, 11) is 0. The summed E-state index contributed by atoms with van der Waals surface area (Å²) in [5.41, 5.74) is 2.87. The zero-order valence-corrected chi connectivity index (χ0v) is 14.5. The molecular weight excluding hydrogens is 331 g/mol. The third-order valence-electron chi connectivity index (χ3n) is 4.35. The van der Waals surface area contributed by atoms with Crippen LogP contribution in [-0.2, 0) is 6.42 Å². The Kier molecular flexibility index (Phi) is 3.88. The summed E-state index contributed by atoms with van der Waals surface area (Å²) < 4.78 is 16.4. The van der Waals surface area contributed by atoms with E-state index >= 15 is 0 Å². The first-order valence-corrected chi connectivity index (χ1v) is 8.41. The molecule has 4 rings (SSSR count). The Balaban J connectivity index is 1.97. The van der Waals surface area contributed by atoms with E-state index in [4.69, 9.17) is 0 Å². The predicted molar refractivity (Wildman–Crippen MR) is 98.5 cm³/mol. The van der Waals surface area contributed by atoms with Gasteiger partial charge in [-0.15, -0.1) is 0 Å². The zero-order valence-electron chi connectivity index (χ0n) is 14.5. The van der Waals surface area contributed by atoms with E-state index in [0.717, 1.165) is 11.3 Å². The van der Waals surface area contributed by atoms with Gasteiger partial charge in [-0.1, -0.05) is 24.6 Å². The molecule has 26 heavy (non-hydrogen) atoms. The van der Waals surface area contributed by atoms with Crippen molar-refractivity contribution >= 4 is 11.0 Å². The maximum Gasteiger partial charge on any atom is 0.269 e. The quantitative estimate of drug-likeness (QED) is 0.569. The Morgan fingerprint density at radius 3 is 2.31 bits per heavy atom. The molecule has 0 atom stereocenters. The first-order chi connectivity index (χ1) is 12.6. The van der Waals surface area contributed by atoms with Crippen molar-refractivity contribution in [2.45, 2.75) is 20.3 Å². The molecular formula is C20H17FN4O. The van der Waals surface area contributed by atoms with Crippen LogP contribution in [0.4, 0.5) is 4.39 Å². The van der Waals surface area contributed by atoms with Crippen LogP contribution in [0.1, 0.15) is 18.3 Å². The van der Waals surface area contributed by atoms with Crippen molar-refractivity contribution in [1.29, 1.82) is 0 Å². The molecule has 5 nitrogen and oxygen atoms in total. The molecule has 0 unspecified atom stereocenters. The highest BCUT2D eigenvalue weighted by atomic mass is 19.1. The summed E-state index contributed by atoms with van der Waals surface area (Å²) in [4.78, 5) is 17.8. The second-order valence-corrected chi connectivity index (χ2v) is 6.13. The molecule has 0 saturated carbocycles. The van der Waals surface area contributed by atoms with E-state index in [1.807, 2.05) is 38.1 Å². The van der Waals surface area contributed by atoms with Crippen LogP contribution in [0.15, 0.2) is 59.5 Å². The van der Waals surface area contributed by atoms with Crippen LogP contribution in [0.2, 0.25) is 0 Å². The number of halogens is 1. The van der Waals surface area contributed by atoms with Gasteiger partial charge >= 0.3 is 0 Å². The summed E-state index contributed by atoms with van der Waals surface area (Å²) in [6.07, 6.45) is 2.10. The van der Waals surface area contributed by atoms with Crippen LogP contribution in [0, 0.1) is 12.7 Å². The highest BCUT2D eigenvalue weighted by Crippen LogP contribution is 2.17. The number of nitrogens with zero attached hydrogens (tertiary/aromatic N) is 4. The van der Waals surface area contributed by atoms with Crippen molar-refractivity contribution in [1.82, 2.24) is 19.3 Å². The van der Waals surface area contributed by atoms with Gasteiger partial charge in [0.15, 0.2) is 5.65 Å². The maximum absolute atomic E-state index is 13.2. The van der Waals surface area contributed by atoms with Crippen LogP contribution in [0.5, 0.6) is 0 Å². The van der Waals surface area contributed by atoms with Gasteiger partial charge in [0.05, 0.1) is 17.6 Å². The van der Waals surface area contributed by atoms with E-state index < -0.39 is 0 Å². The van der Waals surface area contributed by atoms with Crippen LogP contribution in [0.3, 0.4) is 0 Å². The summed E-state index contributed by atoms with van der Waals surface area (Å²) >= 11 is 0. The van der Waals surface area contributed by atoms with Gasteiger partial charge in [-0.05, 0) is 43.3 Å². The van der Waals surface area contributed by atoms with Gasteiger partial charge < -0.3 is 0 Å². The lowest BCUT2D eigenvalue weighted by Crippen LogP contribution is -2.23. The minimum absolute atomic E-state index is 0.163. The topological polar surface area (TPSA) is 52.7 Å². The lowest BCUT2D eigenvalue weighted by atomic mass is 10.2. The Hall–Kier alpha value is -3.28. The minimum atomic E-state index is -0.325. The predicted octanol–water partition coefficient (Wildman–Crippen LogP) is 3.58. The van der Waals surface area contributed by atoms with Gasteiger partial charge in [-0.25, -0.2) is 14.1 Å². The van der Waals surface area contributed by atoms with Crippen molar-refractivity contribution in [2.24, 2.45) is 0 Å². The van der Waals surface area contributed by atoms with E-state index in [1.165, 1.54) is 18.3 Å². The number of rotatable bonds is 3. The molecule has 0 saturated heterocycles. The lowest BCUT2D eigenvalue weighted by Gasteiger charge is -2.12. The Morgan fingerprint density at radius 1 is 1.00 bits per heavy atom. The highest BCUT2D eigenvalue weighted by Gasteiger charge is 2.16. The van der Waals surface area contributed by atoms with E-state index in [1.54, 1.807) is 21.4 Å². The number of hydrogen-bond acceptors (Lipinski definition) is 3. The fraction of sp³-hybridized carbons (Fsp3) is 0.150. The monoisotopic (exact) mass is 348 g/mol. The first kappa shape index (κ1) is 16.2. The average molecular weight is 348 g/mol. The van der Waals surface area contributed by atoms with Crippen molar-refractivity contribution in [3.8, 4) is 11.4 Å². The fourth-order valence-corrected chi connectivity index (χ4v) is 2.98. The molecule has 6 heteroatoms. The fourth-order valence-electron chi connectivity index (χ4n) is 2.98. The summed E-state index contributed by atoms with van der Waals surface area (Å²) in [5.74, 6) is 0.323. The van der Waals surface area contributed by atoms with Crippen molar-refractivity contribution in [3.05, 3.63) is 82.3 Å². The van der Waals surface area contributed by atoms with Gasteiger partial charge in [0.2, 0.25) is 0 Å². The molecule has 2 aromatic carbocycles. The summed E-state index contributed by atoms with van der Waals surface area (Å²) in [6.45, 7) is 3.96. The van der Waals surface area contributed by atoms with Crippen LogP contribution >= 0.6 is 0 Å². The molecule has 4 aromatic rings. The van der Waals surface area contributed by atoms with E-state index in [9.17, 15) is 9.18 Å². The Bertz CT molecular complexity index is 1140. The van der Waals surface area contributed by atoms with E-state index in [0.29, 0.717) is 29.0 Å². The number of aromatic nitrogens is 4. The largest absolute Gasteiger partial charge is 0.269 e. The van der Waals surface area contributed by atoms with Gasteiger partial charge in [0.25, 0.3) is 5.56 Å². The molecule has 2 aromatic heterocycles. The second kappa shape index (κ2) is 6.22. The van der Waals surface area contributed by atoms with Gasteiger partial charge in [-0.2, -0.15) is 5.10 Å². The average Bonchev–Trinajstić information content (AvgIpc) is 3.07. The SMILES string of the molecule is CCc1nc2c(cnn2-c2ccc(F)cc2)c(=O)n1-c1ccc(C)cc1. The number of hydrogen-bond donors (Lipinski definition) is 0. The normalized spacial score (nSPS) is 11.2. The Morgan fingerprint density at radius 2 is 1.65 bits per heavy atom. The number of aryl methyl sites for hydroxylation is 2. The third-order valence-corrected chi connectivity index (χ3v) is 4.35. The second-order valence-electron chi connectivity index (χ2n) is 6.13. The van der Waals surface area contributed by atoms with Crippen molar-refractivity contribution < 1.29 is 4.39 Å². The molecule has 0 N–H and O–H groups in total. The molecule has 0 aliphatic rings. The van der Waals surface area contributed by atoms with Crippen LogP contribution in [-0.4, -0.2) is 19.3 Å². The number of benzene rings is 2. The summed E-state index contributed by atoms with van der Waals surface area (Å²) in [5, 5.41) is 4.72. The highest BCUT2D eigenvalue weighted by molar-refractivity contribution is 5.75. The van der Waals surface area contributed by atoms with E-state index in [2.05, 4.69) is 10.1 Å². The standard InChI is InChI=1S/C20H17FN4O/c1-3-18-23-19-17(12-22-25(19)16-10-6-14(21)7-11-16)20(26)24(18)15-8-4-13(2)5-9-15/h4-12H,3H2,1-2H3. The summed E-state index contributed by atoms with van der Waals surface area (Å²) in [6, 6.07) is 13.7. The molecule has 0 aliphatic heterocycles. The van der Waals surface area contributed by atoms with Gasteiger partial charge in [0.1, 0.15) is 17.0 Å². The lowest BCUT2D eigenvalue weighted by molar-refractivity contribution is 0.627. The molecule has 2 heterocycles. The van der Waals surface area contributed by atoms with Crippen molar-refractivity contribution in [2.75, 3.05) is 0 Å². The van der Waals surface area contributed by atoms with Crippen molar-refractivity contribution in [3.63, 3.8) is 0 Å². The smallest absolute Gasteiger partial charge is 0.268 e. The third kappa shape index (κ3) is 2.60. The number of fused-ring (bicyclic) bond motifs is 1. The molecule has 0 aliphatic carbocycles. The molecule has 0 radical (unpaired) electrons. The van der Waals surface area contributed by atoms with Crippen LogP contribution in [0.25, 0.3) is 22.4 Å². The van der Waals surface area contributed by atoms with Gasteiger partial charge in [0, 0.05) is 6.42 Å². The maximum atomic E-state index is 13.2.